The van der Waals surface area contributed by atoms with Crippen LogP contribution >= 0.6 is 0 Å². The molecule has 0 fully saturated rings. The number of ether oxygens (including phenoxy) is 2. The third kappa shape index (κ3) is 4.33. The Kier molecular flexibility index (Phi) is 4.95. The van der Waals surface area contributed by atoms with Crippen LogP contribution in [0, 0.1) is 0 Å². The van der Waals surface area contributed by atoms with Crippen LogP contribution in [0.5, 0.6) is 17.2 Å². The van der Waals surface area contributed by atoms with Crippen molar-refractivity contribution in [3.8, 4) is 17.2 Å². The summed E-state index contributed by atoms with van der Waals surface area (Å²) >= 11 is 0. The second-order valence-corrected chi connectivity index (χ2v) is 4.96. The molecule has 2 aromatic carbocycles. The van der Waals surface area contributed by atoms with Crippen LogP contribution in [0.2, 0.25) is 0 Å². The minimum atomic E-state index is 0.0935. The molecule has 2 rings (SSSR count). The second-order valence-electron chi connectivity index (χ2n) is 4.96. The predicted octanol–water partition coefficient (Wildman–Crippen LogP) is 3.23. The number of likely N-dealkylation sites (N-methyl/N-ethyl adjacent to an activating group) is 1. The van der Waals surface area contributed by atoms with Crippen molar-refractivity contribution in [2.75, 3.05) is 27.7 Å². The standard InChI is InChI=1S/C17H19NO3/c1-18(2)12-17(19)13-4-6-15(7-5-13)21-16-10-8-14(20-3)9-11-16/h4-11H,12H2,1-3H3. The third-order valence-corrected chi connectivity index (χ3v) is 2.93. The normalized spacial score (nSPS) is 10.5. The van der Waals surface area contributed by atoms with E-state index in [9.17, 15) is 4.79 Å². The van der Waals surface area contributed by atoms with Crippen LogP contribution in [0.1, 0.15) is 10.4 Å². The first-order valence-electron chi connectivity index (χ1n) is 6.68. The summed E-state index contributed by atoms with van der Waals surface area (Å²) in [5.74, 6) is 2.30. The molecule has 0 amide bonds. The molecule has 0 heterocycles. The summed E-state index contributed by atoms with van der Waals surface area (Å²) in [6, 6.07) is 14.5. The van der Waals surface area contributed by atoms with E-state index in [4.69, 9.17) is 9.47 Å². The topological polar surface area (TPSA) is 38.8 Å². The molecule has 0 N–H and O–H groups in total. The Balaban J connectivity index is 2.03. The monoisotopic (exact) mass is 285 g/mol. The Morgan fingerprint density at radius 1 is 0.905 bits per heavy atom. The van der Waals surface area contributed by atoms with Gasteiger partial charge in [-0.1, -0.05) is 0 Å². The molecule has 0 saturated carbocycles. The molecule has 0 radical (unpaired) electrons. The van der Waals surface area contributed by atoms with Gasteiger partial charge in [-0.05, 0) is 62.6 Å². The van der Waals surface area contributed by atoms with E-state index in [2.05, 4.69) is 0 Å². The fourth-order valence-electron chi connectivity index (χ4n) is 1.87. The maximum atomic E-state index is 11.9. The lowest BCUT2D eigenvalue weighted by Crippen LogP contribution is -2.21. The number of hydrogen-bond donors (Lipinski definition) is 0. The van der Waals surface area contributed by atoms with Gasteiger partial charge in [-0.15, -0.1) is 0 Å². The van der Waals surface area contributed by atoms with E-state index in [0.717, 1.165) is 11.5 Å². The molecule has 0 spiro atoms. The Morgan fingerprint density at radius 2 is 1.38 bits per heavy atom. The number of hydrogen-bond acceptors (Lipinski definition) is 4. The lowest BCUT2D eigenvalue weighted by Gasteiger charge is -2.09. The fourth-order valence-corrected chi connectivity index (χ4v) is 1.87. The first kappa shape index (κ1) is 15.1. The van der Waals surface area contributed by atoms with Crippen LogP contribution in [0.25, 0.3) is 0 Å². The minimum Gasteiger partial charge on any atom is -0.497 e. The van der Waals surface area contributed by atoms with Gasteiger partial charge in [0.05, 0.1) is 13.7 Å². The minimum absolute atomic E-state index is 0.0935. The number of nitrogens with zero attached hydrogens (tertiary/aromatic N) is 1. The number of rotatable bonds is 6. The van der Waals surface area contributed by atoms with Gasteiger partial charge < -0.3 is 14.4 Å². The van der Waals surface area contributed by atoms with Gasteiger partial charge in [-0.2, -0.15) is 0 Å². The smallest absolute Gasteiger partial charge is 0.176 e. The molecule has 4 nitrogen and oxygen atoms in total. The van der Waals surface area contributed by atoms with Crippen LogP contribution in [-0.4, -0.2) is 38.4 Å². The number of carbonyl (C=O) groups excluding carboxylic acids is 1. The van der Waals surface area contributed by atoms with Crippen molar-refractivity contribution in [2.45, 2.75) is 0 Å². The molecule has 0 aliphatic heterocycles. The van der Waals surface area contributed by atoms with Crippen molar-refractivity contribution in [2.24, 2.45) is 0 Å². The van der Waals surface area contributed by atoms with Gasteiger partial charge in [-0.25, -0.2) is 0 Å². The first-order valence-corrected chi connectivity index (χ1v) is 6.68. The molecule has 0 bridgehead atoms. The second kappa shape index (κ2) is 6.90. The fraction of sp³-hybridized carbons (Fsp3) is 0.235. The Hall–Kier alpha value is -2.33. The molecular formula is C17H19NO3. The van der Waals surface area contributed by atoms with Gasteiger partial charge in [0.1, 0.15) is 17.2 Å². The molecule has 0 aromatic heterocycles. The summed E-state index contributed by atoms with van der Waals surface area (Å²) in [4.78, 5) is 13.8. The molecular weight excluding hydrogens is 266 g/mol. The van der Waals surface area contributed by atoms with E-state index >= 15 is 0 Å². The predicted molar refractivity (Wildman–Crippen MR) is 82.4 cm³/mol. The van der Waals surface area contributed by atoms with Gasteiger partial charge in [-0.3, -0.25) is 4.79 Å². The van der Waals surface area contributed by atoms with Crippen molar-refractivity contribution in [3.63, 3.8) is 0 Å². The van der Waals surface area contributed by atoms with Gasteiger partial charge >= 0.3 is 0 Å². The number of benzene rings is 2. The molecule has 4 heteroatoms. The van der Waals surface area contributed by atoms with E-state index in [-0.39, 0.29) is 5.78 Å². The first-order chi connectivity index (χ1) is 10.1. The molecule has 0 aliphatic rings. The van der Waals surface area contributed by atoms with E-state index in [1.165, 1.54) is 0 Å². The van der Waals surface area contributed by atoms with E-state index in [1.807, 2.05) is 43.3 Å². The van der Waals surface area contributed by atoms with Gasteiger partial charge in [0.15, 0.2) is 5.78 Å². The molecule has 110 valence electrons. The molecule has 0 aliphatic carbocycles. The summed E-state index contributed by atoms with van der Waals surface area (Å²) in [6.45, 7) is 0.401. The van der Waals surface area contributed by atoms with Crippen molar-refractivity contribution in [1.29, 1.82) is 0 Å². The Morgan fingerprint density at radius 3 is 1.86 bits per heavy atom. The van der Waals surface area contributed by atoms with Crippen LogP contribution in [0.15, 0.2) is 48.5 Å². The van der Waals surface area contributed by atoms with Crippen molar-refractivity contribution >= 4 is 5.78 Å². The SMILES string of the molecule is COc1ccc(Oc2ccc(C(=O)CN(C)C)cc2)cc1. The molecule has 0 atom stereocenters. The highest BCUT2D eigenvalue weighted by molar-refractivity contribution is 5.97. The highest BCUT2D eigenvalue weighted by atomic mass is 16.5. The number of ketones is 1. The van der Waals surface area contributed by atoms with Gasteiger partial charge in [0.2, 0.25) is 0 Å². The quantitative estimate of drug-likeness (QED) is 0.764. The average molecular weight is 285 g/mol. The summed E-state index contributed by atoms with van der Waals surface area (Å²) in [5, 5.41) is 0. The van der Waals surface area contributed by atoms with Crippen molar-refractivity contribution in [1.82, 2.24) is 4.90 Å². The molecule has 2 aromatic rings. The van der Waals surface area contributed by atoms with Gasteiger partial charge in [0, 0.05) is 5.56 Å². The van der Waals surface area contributed by atoms with E-state index in [0.29, 0.717) is 17.9 Å². The maximum absolute atomic E-state index is 11.9. The number of methoxy groups -OCH3 is 1. The molecule has 21 heavy (non-hydrogen) atoms. The third-order valence-electron chi connectivity index (χ3n) is 2.93. The van der Waals surface area contributed by atoms with Crippen LogP contribution in [-0.2, 0) is 0 Å². The Bertz CT molecular complexity index is 588. The molecule has 0 unspecified atom stereocenters. The average Bonchev–Trinajstić information content (AvgIpc) is 2.48. The van der Waals surface area contributed by atoms with Crippen molar-refractivity contribution < 1.29 is 14.3 Å². The van der Waals surface area contributed by atoms with Gasteiger partial charge in [0.25, 0.3) is 0 Å². The Labute approximate surface area is 124 Å². The number of Topliss-reactive ketones (excluding diaryl/α,β-unsaturated/α-hetero) is 1. The summed E-state index contributed by atoms with van der Waals surface area (Å²) < 4.78 is 10.8. The molecule has 0 saturated heterocycles. The number of carbonyl (C=O) groups is 1. The van der Waals surface area contributed by atoms with E-state index < -0.39 is 0 Å². The lowest BCUT2D eigenvalue weighted by atomic mass is 10.1. The zero-order valence-corrected chi connectivity index (χ0v) is 12.5. The highest BCUT2D eigenvalue weighted by Crippen LogP contribution is 2.24. The van der Waals surface area contributed by atoms with Crippen molar-refractivity contribution in [3.05, 3.63) is 54.1 Å². The lowest BCUT2D eigenvalue weighted by molar-refractivity contribution is 0.0958. The summed E-state index contributed by atoms with van der Waals surface area (Å²) in [7, 11) is 5.37. The van der Waals surface area contributed by atoms with E-state index in [1.54, 1.807) is 31.4 Å². The zero-order valence-electron chi connectivity index (χ0n) is 12.5. The van der Waals surface area contributed by atoms with Crippen LogP contribution in [0.4, 0.5) is 0 Å². The maximum Gasteiger partial charge on any atom is 0.176 e. The summed E-state index contributed by atoms with van der Waals surface area (Å²) in [6.07, 6.45) is 0. The largest absolute Gasteiger partial charge is 0.497 e. The highest BCUT2D eigenvalue weighted by Gasteiger charge is 2.07. The zero-order chi connectivity index (χ0) is 15.2. The van der Waals surface area contributed by atoms with Crippen LogP contribution in [0.3, 0.4) is 0 Å². The summed E-state index contributed by atoms with van der Waals surface area (Å²) in [5.41, 5.74) is 0.686. The van der Waals surface area contributed by atoms with Crippen LogP contribution < -0.4 is 9.47 Å².